The zero-order valence-corrected chi connectivity index (χ0v) is 14.2. The van der Waals surface area contributed by atoms with Crippen molar-refractivity contribution in [2.45, 2.75) is 19.8 Å². The Labute approximate surface area is 135 Å². The maximum absolute atomic E-state index is 12.2. The molecule has 1 aromatic heterocycles. The SMILES string of the molecule is CCc1nsc(N2CCCN(C(=O)CNCCOC)CC2)n1. The second-order valence-electron chi connectivity index (χ2n) is 5.24. The summed E-state index contributed by atoms with van der Waals surface area (Å²) < 4.78 is 9.30. The summed E-state index contributed by atoms with van der Waals surface area (Å²) in [7, 11) is 1.66. The first-order chi connectivity index (χ1) is 10.7. The van der Waals surface area contributed by atoms with Crippen molar-refractivity contribution in [2.75, 3.05) is 57.9 Å². The molecule has 124 valence electrons. The lowest BCUT2D eigenvalue weighted by Crippen LogP contribution is -2.41. The van der Waals surface area contributed by atoms with E-state index in [1.54, 1.807) is 7.11 Å². The lowest BCUT2D eigenvalue weighted by molar-refractivity contribution is -0.130. The quantitative estimate of drug-likeness (QED) is 0.730. The van der Waals surface area contributed by atoms with Crippen LogP contribution in [0.15, 0.2) is 0 Å². The summed E-state index contributed by atoms with van der Waals surface area (Å²) in [4.78, 5) is 20.9. The lowest BCUT2D eigenvalue weighted by atomic mass is 10.3. The summed E-state index contributed by atoms with van der Waals surface area (Å²) in [6, 6.07) is 0. The fraction of sp³-hybridized carbons (Fsp3) is 0.786. The Bertz CT molecular complexity index is 468. The number of rotatable bonds is 7. The molecule has 0 aromatic carbocycles. The first kappa shape index (κ1) is 17.1. The molecule has 7 nitrogen and oxygen atoms in total. The molecule has 22 heavy (non-hydrogen) atoms. The van der Waals surface area contributed by atoms with Crippen molar-refractivity contribution < 1.29 is 9.53 Å². The molecule has 0 radical (unpaired) electrons. The third kappa shape index (κ3) is 4.89. The van der Waals surface area contributed by atoms with Crippen LogP contribution in [0.2, 0.25) is 0 Å². The number of ether oxygens (including phenoxy) is 1. The van der Waals surface area contributed by atoms with Crippen LogP contribution >= 0.6 is 11.5 Å². The average Bonchev–Trinajstić information content (AvgIpc) is 2.88. The van der Waals surface area contributed by atoms with E-state index in [-0.39, 0.29) is 5.91 Å². The number of hydrogen-bond donors (Lipinski definition) is 1. The summed E-state index contributed by atoms with van der Waals surface area (Å²) in [5, 5.41) is 4.08. The van der Waals surface area contributed by atoms with Gasteiger partial charge in [-0.05, 0) is 6.42 Å². The van der Waals surface area contributed by atoms with Gasteiger partial charge in [-0.2, -0.15) is 4.37 Å². The van der Waals surface area contributed by atoms with Gasteiger partial charge in [0.1, 0.15) is 5.82 Å². The summed E-state index contributed by atoms with van der Waals surface area (Å²) in [6.45, 7) is 7.06. The van der Waals surface area contributed by atoms with E-state index in [1.807, 2.05) is 4.90 Å². The van der Waals surface area contributed by atoms with Crippen molar-refractivity contribution in [1.82, 2.24) is 19.6 Å². The van der Waals surface area contributed by atoms with Crippen molar-refractivity contribution in [2.24, 2.45) is 0 Å². The summed E-state index contributed by atoms with van der Waals surface area (Å²) in [6.07, 6.45) is 1.83. The smallest absolute Gasteiger partial charge is 0.236 e. The van der Waals surface area contributed by atoms with Crippen LogP contribution in [-0.4, -0.2) is 73.1 Å². The van der Waals surface area contributed by atoms with Crippen LogP contribution in [0.4, 0.5) is 5.13 Å². The van der Waals surface area contributed by atoms with E-state index in [4.69, 9.17) is 4.74 Å². The van der Waals surface area contributed by atoms with Gasteiger partial charge in [0.05, 0.1) is 13.2 Å². The molecule has 2 heterocycles. The van der Waals surface area contributed by atoms with Crippen molar-refractivity contribution in [3.63, 3.8) is 0 Å². The zero-order chi connectivity index (χ0) is 15.8. The van der Waals surface area contributed by atoms with Crippen LogP contribution < -0.4 is 10.2 Å². The maximum atomic E-state index is 12.2. The highest BCUT2D eigenvalue weighted by atomic mass is 32.1. The van der Waals surface area contributed by atoms with Gasteiger partial charge < -0.3 is 19.9 Å². The minimum atomic E-state index is 0.157. The zero-order valence-electron chi connectivity index (χ0n) is 13.4. The molecule has 0 bridgehead atoms. The molecule has 0 aliphatic carbocycles. The molecule has 8 heteroatoms. The number of amides is 1. The van der Waals surface area contributed by atoms with Gasteiger partial charge in [-0.3, -0.25) is 4.79 Å². The number of nitrogens with one attached hydrogen (secondary N) is 1. The van der Waals surface area contributed by atoms with Crippen LogP contribution in [0.3, 0.4) is 0 Å². The molecule has 1 aliphatic heterocycles. The van der Waals surface area contributed by atoms with Crippen molar-refractivity contribution >= 4 is 22.6 Å². The summed E-state index contributed by atoms with van der Waals surface area (Å²) >= 11 is 1.45. The number of anilines is 1. The van der Waals surface area contributed by atoms with Crippen LogP contribution in [0.1, 0.15) is 19.2 Å². The molecule has 1 saturated heterocycles. The number of hydrogen-bond acceptors (Lipinski definition) is 7. The Hall–Kier alpha value is -1.25. The van der Waals surface area contributed by atoms with E-state index >= 15 is 0 Å². The standard InChI is InChI=1S/C14H25N5O2S/c1-3-12-16-14(22-17-12)19-7-4-6-18(8-9-19)13(20)11-15-5-10-21-2/h15H,3-11H2,1-2H3. The number of aryl methyl sites for hydroxylation is 1. The van der Waals surface area contributed by atoms with Gasteiger partial charge in [0, 0.05) is 57.8 Å². The molecule has 0 atom stereocenters. The molecule has 1 fully saturated rings. The lowest BCUT2D eigenvalue weighted by Gasteiger charge is -2.21. The number of nitrogens with zero attached hydrogens (tertiary/aromatic N) is 4. The highest BCUT2D eigenvalue weighted by molar-refractivity contribution is 7.09. The van der Waals surface area contributed by atoms with E-state index in [9.17, 15) is 4.79 Å². The van der Waals surface area contributed by atoms with Crippen molar-refractivity contribution in [1.29, 1.82) is 0 Å². The predicted molar refractivity (Wildman–Crippen MR) is 87.4 cm³/mol. The Kier molecular flexibility index (Phi) is 7.01. The Morgan fingerprint density at radius 1 is 1.36 bits per heavy atom. The monoisotopic (exact) mass is 327 g/mol. The van der Waals surface area contributed by atoms with E-state index < -0.39 is 0 Å². The summed E-state index contributed by atoms with van der Waals surface area (Å²) in [5.41, 5.74) is 0. The van der Waals surface area contributed by atoms with Crippen molar-refractivity contribution in [3.05, 3.63) is 5.82 Å². The Morgan fingerprint density at radius 2 is 2.23 bits per heavy atom. The van der Waals surface area contributed by atoms with Gasteiger partial charge in [0.15, 0.2) is 0 Å². The third-order valence-corrected chi connectivity index (χ3v) is 4.47. The molecular weight excluding hydrogens is 302 g/mol. The minimum Gasteiger partial charge on any atom is -0.383 e. The first-order valence-electron chi connectivity index (χ1n) is 7.79. The van der Waals surface area contributed by atoms with Gasteiger partial charge in [0.25, 0.3) is 0 Å². The molecule has 1 aliphatic rings. The molecule has 1 N–H and O–H groups in total. The van der Waals surface area contributed by atoms with E-state index in [0.29, 0.717) is 19.7 Å². The largest absolute Gasteiger partial charge is 0.383 e. The van der Waals surface area contributed by atoms with Crippen LogP contribution in [0.5, 0.6) is 0 Å². The molecular formula is C14H25N5O2S. The highest BCUT2D eigenvalue weighted by Gasteiger charge is 2.20. The Balaban J connectivity index is 1.80. The van der Waals surface area contributed by atoms with Gasteiger partial charge in [-0.1, -0.05) is 6.92 Å². The van der Waals surface area contributed by atoms with Crippen LogP contribution in [0, 0.1) is 0 Å². The fourth-order valence-electron chi connectivity index (χ4n) is 2.36. The molecule has 1 aromatic rings. The molecule has 2 rings (SSSR count). The number of methoxy groups -OCH3 is 1. The number of aromatic nitrogens is 2. The van der Waals surface area contributed by atoms with Gasteiger partial charge in [0.2, 0.25) is 11.0 Å². The van der Waals surface area contributed by atoms with E-state index in [0.717, 1.165) is 50.0 Å². The molecule has 1 amide bonds. The van der Waals surface area contributed by atoms with Gasteiger partial charge >= 0.3 is 0 Å². The maximum Gasteiger partial charge on any atom is 0.236 e. The van der Waals surface area contributed by atoms with Gasteiger partial charge in [-0.15, -0.1) is 0 Å². The van der Waals surface area contributed by atoms with Gasteiger partial charge in [-0.25, -0.2) is 4.98 Å². The second-order valence-corrected chi connectivity index (χ2v) is 5.97. The molecule has 0 unspecified atom stereocenters. The molecule has 0 spiro atoms. The average molecular weight is 327 g/mol. The third-order valence-electron chi connectivity index (χ3n) is 3.65. The van der Waals surface area contributed by atoms with E-state index in [1.165, 1.54) is 11.5 Å². The molecule has 0 saturated carbocycles. The second kappa shape index (κ2) is 9.02. The van der Waals surface area contributed by atoms with Crippen LogP contribution in [0.25, 0.3) is 0 Å². The van der Waals surface area contributed by atoms with E-state index in [2.05, 4.69) is 26.5 Å². The normalized spacial score (nSPS) is 15.9. The van der Waals surface area contributed by atoms with Crippen molar-refractivity contribution in [3.8, 4) is 0 Å². The number of carbonyl (C=O) groups excluding carboxylic acids is 1. The topological polar surface area (TPSA) is 70.6 Å². The highest BCUT2D eigenvalue weighted by Crippen LogP contribution is 2.19. The fourth-order valence-corrected chi connectivity index (χ4v) is 3.16. The predicted octanol–water partition coefficient (Wildman–Crippen LogP) is 0.375. The first-order valence-corrected chi connectivity index (χ1v) is 8.57. The Morgan fingerprint density at radius 3 is 2.95 bits per heavy atom. The number of carbonyl (C=O) groups is 1. The summed E-state index contributed by atoms with van der Waals surface area (Å²) in [5.74, 6) is 1.06. The van der Waals surface area contributed by atoms with Crippen LogP contribution in [-0.2, 0) is 16.0 Å². The minimum absolute atomic E-state index is 0.157.